The summed E-state index contributed by atoms with van der Waals surface area (Å²) < 4.78 is 5.26. The Bertz CT molecular complexity index is 629. The lowest BCUT2D eigenvalue weighted by Gasteiger charge is -2.12. The highest BCUT2D eigenvalue weighted by Crippen LogP contribution is 2.25. The number of benzene rings is 2. The van der Waals surface area contributed by atoms with Gasteiger partial charge in [-0.25, -0.2) is 0 Å². The van der Waals surface area contributed by atoms with Crippen LogP contribution in [0.4, 0.5) is 5.69 Å². The first-order valence-corrected chi connectivity index (χ1v) is 6.44. The maximum Gasteiger partial charge on any atom is 0.248 e. The van der Waals surface area contributed by atoms with E-state index in [-0.39, 0.29) is 0 Å². The normalized spacial score (nSPS) is 10.1. The predicted octanol–water partition coefficient (Wildman–Crippen LogP) is 3.06. The van der Waals surface area contributed by atoms with Gasteiger partial charge in [-0.2, -0.15) is 0 Å². The summed E-state index contributed by atoms with van der Waals surface area (Å²) in [5, 5.41) is 3.75. The number of carbonyl (C=O) groups excluding carboxylic acids is 1. The summed E-state index contributed by atoms with van der Waals surface area (Å²) in [6.45, 7) is 0.526. The second-order valence-electron chi connectivity index (χ2n) is 4.22. The third kappa shape index (κ3) is 3.22. The van der Waals surface area contributed by atoms with Crippen LogP contribution in [-0.2, 0) is 6.54 Å². The van der Waals surface area contributed by atoms with Crippen molar-refractivity contribution in [1.29, 1.82) is 0 Å². The van der Waals surface area contributed by atoms with E-state index in [1.54, 1.807) is 25.3 Å². The Hall–Kier alpha value is -2.20. The predicted molar refractivity (Wildman–Crippen MR) is 80.3 cm³/mol. The van der Waals surface area contributed by atoms with Gasteiger partial charge in [0.25, 0.3) is 0 Å². The van der Waals surface area contributed by atoms with Gasteiger partial charge in [-0.3, -0.25) is 4.79 Å². The number of rotatable bonds is 5. The van der Waals surface area contributed by atoms with Crippen LogP contribution in [0.3, 0.4) is 0 Å². The quantitative estimate of drug-likeness (QED) is 0.889. The monoisotopic (exact) mass is 290 g/mol. The molecule has 3 N–H and O–H groups in total. The maximum atomic E-state index is 11.1. The highest BCUT2D eigenvalue weighted by Gasteiger charge is 2.07. The van der Waals surface area contributed by atoms with Crippen molar-refractivity contribution in [2.45, 2.75) is 6.54 Å². The molecule has 0 unspecified atom stereocenters. The number of halogens is 1. The van der Waals surface area contributed by atoms with Crippen LogP contribution < -0.4 is 15.8 Å². The van der Waals surface area contributed by atoms with Gasteiger partial charge in [0.15, 0.2) is 0 Å². The molecule has 5 heteroatoms. The molecule has 0 atom stereocenters. The molecule has 0 fully saturated rings. The summed E-state index contributed by atoms with van der Waals surface area (Å²) in [6.07, 6.45) is 0. The molecule has 0 aliphatic rings. The van der Waals surface area contributed by atoms with E-state index in [0.717, 1.165) is 17.0 Å². The van der Waals surface area contributed by atoms with Crippen LogP contribution in [0.1, 0.15) is 15.9 Å². The van der Waals surface area contributed by atoms with Gasteiger partial charge in [0, 0.05) is 17.1 Å². The highest BCUT2D eigenvalue weighted by molar-refractivity contribution is 6.31. The second kappa shape index (κ2) is 6.30. The van der Waals surface area contributed by atoms with Gasteiger partial charge < -0.3 is 15.8 Å². The largest absolute Gasteiger partial charge is 0.495 e. The number of para-hydroxylation sites is 2. The van der Waals surface area contributed by atoms with Crippen LogP contribution in [-0.4, -0.2) is 13.0 Å². The fourth-order valence-corrected chi connectivity index (χ4v) is 2.07. The van der Waals surface area contributed by atoms with E-state index in [2.05, 4.69) is 5.32 Å². The number of methoxy groups -OCH3 is 1. The van der Waals surface area contributed by atoms with Gasteiger partial charge >= 0.3 is 0 Å². The summed E-state index contributed by atoms with van der Waals surface area (Å²) in [6, 6.07) is 12.6. The van der Waals surface area contributed by atoms with Crippen LogP contribution in [0, 0.1) is 0 Å². The van der Waals surface area contributed by atoms with Crippen LogP contribution in [0.5, 0.6) is 5.75 Å². The number of hydrogen-bond acceptors (Lipinski definition) is 3. The second-order valence-corrected chi connectivity index (χ2v) is 4.63. The fourth-order valence-electron chi connectivity index (χ4n) is 1.83. The van der Waals surface area contributed by atoms with Gasteiger partial charge in [0.1, 0.15) is 5.75 Å². The molecule has 1 amide bonds. The van der Waals surface area contributed by atoms with E-state index in [4.69, 9.17) is 22.1 Å². The number of primary amides is 1. The van der Waals surface area contributed by atoms with Gasteiger partial charge in [-0.05, 0) is 29.8 Å². The molecule has 0 heterocycles. The Kier molecular flexibility index (Phi) is 4.48. The van der Waals surface area contributed by atoms with Gasteiger partial charge in [-0.1, -0.05) is 29.8 Å². The molecule has 0 radical (unpaired) electrons. The number of nitrogens with one attached hydrogen (secondary N) is 1. The summed E-state index contributed by atoms with van der Waals surface area (Å²) in [7, 11) is 1.62. The molecule has 0 spiro atoms. The molecule has 0 aliphatic heterocycles. The van der Waals surface area contributed by atoms with Crippen molar-refractivity contribution in [2.24, 2.45) is 5.73 Å². The maximum absolute atomic E-state index is 11.1. The molecule has 20 heavy (non-hydrogen) atoms. The first-order valence-electron chi connectivity index (χ1n) is 6.07. The number of hydrogen-bond donors (Lipinski definition) is 2. The molecule has 0 saturated heterocycles. The molecule has 2 rings (SSSR count). The van der Waals surface area contributed by atoms with Crippen molar-refractivity contribution >= 4 is 23.2 Å². The van der Waals surface area contributed by atoms with Gasteiger partial charge in [0.05, 0.1) is 12.8 Å². The van der Waals surface area contributed by atoms with Crippen LogP contribution in [0.25, 0.3) is 0 Å². The van der Waals surface area contributed by atoms with Crippen LogP contribution in [0.15, 0.2) is 42.5 Å². The number of amides is 1. The number of anilines is 1. The van der Waals surface area contributed by atoms with Crippen molar-refractivity contribution in [3.05, 3.63) is 58.6 Å². The average molecular weight is 291 g/mol. The van der Waals surface area contributed by atoms with Crippen LogP contribution in [0.2, 0.25) is 5.02 Å². The number of carbonyl (C=O) groups is 1. The van der Waals surface area contributed by atoms with Gasteiger partial charge in [-0.15, -0.1) is 0 Å². The summed E-state index contributed by atoms with van der Waals surface area (Å²) >= 11 is 6.13. The standard InChI is InChI=1S/C15H15ClN2O2/c1-20-14-5-3-2-4-13(14)18-9-11-7-6-10(15(17)19)8-12(11)16/h2-8,18H,9H2,1H3,(H2,17,19). The zero-order valence-corrected chi connectivity index (χ0v) is 11.8. The highest BCUT2D eigenvalue weighted by atomic mass is 35.5. The first-order chi connectivity index (χ1) is 9.61. The average Bonchev–Trinajstić information content (AvgIpc) is 2.46. The molecular weight excluding hydrogens is 276 g/mol. The summed E-state index contributed by atoms with van der Waals surface area (Å²) in [5.41, 5.74) is 7.36. The lowest BCUT2D eigenvalue weighted by atomic mass is 10.1. The molecule has 0 saturated carbocycles. The van der Waals surface area contributed by atoms with Crippen molar-refractivity contribution in [3.8, 4) is 5.75 Å². The zero-order chi connectivity index (χ0) is 14.5. The van der Waals surface area contributed by atoms with E-state index >= 15 is 0 Å². The molecule has 0 bridgehead atoms. The van der Waals surface area contributed by atoms with Gasteiger partial charge in [0.2, 0.25) is 5.91 Å². The Labute approximate surface area is 122 Å². The third-order valence-electron chi connectivity index (χ3n) is 2.91. The van der Waals surface area contributed by atoms with Crippen molar-refractivity contribution in [3.63, 3.8) is 0 Å². The number of nitrogens with two attached hydrogens (primary N) is 1. The SMILES string of the molecule is COc1ccccc1NCc1ccc(C(N)=O)cc1Cl. The smallest absolute Gasteiger partial charge is 0.248 e. The molecule has 2 aromatic rings. The van der Waals surface area contributed by atoms with Crippen molar-refractivity contribution < 1.29 is 9.53 Å². The van der Waals surface area contributed by atoms with E-state index in [1.165, 1.54) is 0 Å². The molecule has 0 aromatic heterocycles. The Balaban J connectivity index is 2.13. The first kappa shape index (κ1) is 14.2. The van der Waals surface area contributed by atoms with E-state index in [0.29, 0.717) is 17.1 Å². The van der Waals surface area contributed by atoms with Crippen molar-refractivity contribution in [1.82, 2.24) is 0 Å². The Morgan fingerprint density at radius 2 is 2.05 bits per heavy atom. The summed E-state index contributed by atoms with van der Waals surface area (Å²) in [4.78, 5) is 11.1. The van der Waals surface area contributed by atoms with Crippen molar-refractivity contribution in [2.75, 3.05) is 12.4 Å². The minimum Gasteiger partial charge on any atom is -0.495 e. The zero-order valence-electron chi connectivity index (χ0n) is 11.0. The molecular formula is C15H15ClN2O2. The minimum atomic E-state index is -0.490. The molecule has 2 aromatic carbocycles. The minimum absolute atomic E-state index is 0.399. The van der Waals surface area contributed by atoms with Crippen LogP contribution >= 0.6 is 11.6 Å². The topological polar surface area (TPSA) is 64.3 Å². The molecule has 0 aliphatic carbocycles. The summed E-state index contributed by atoms with van der Waals surface area (Å²) in [5.74, 6) is 0.272. The fraction of sp³-hybridized carbons (Fsp3) is 0.133. The number of ether oxygens (including phenoxy) is 1. The lowest BCUT2D eigenvalue weighted by Crippen LogP contribution is -2.11. The van der Waals surface area contributed by atoms with E-state index < -0.39 is 5.91 Å². The van der Waals surface area contributed by atoms with E-state index in [9.17, 15) is 4.79 Å². The van der Waals surface area contributed by atoms with E-state index in [1.807, 2.05) is 24.3 Å². The lowest BCUT2D eigenvalue weighted by molar-refractivity contribution is 0.100. The third-order valence-corrected chi connectivity index (χ3v) is 3.27. The molecule has 104 valence electrons. The Morgan fingerprint density at radius 3 is 2.70 bits per heavy atom. The molecule has 4 nitrogen and oxygen atoms in total. The Morgan fingerprint density at radius 1 is 1.30 bits per heavy atom.